The van der Waals surface area contributed by atoms with Gasteiger partial charge in [-0.15, -0.1) is 0 Å². The molecule has 0 spiro atoms. The number of ether oxygens (including phenoxy) is 2. The standard InChI is InChI=1S/C18H20BrNO4.C17H20BrNO3.Y/c1-24-15-7-13(19)11-6-14-12-3-2-10(22)8-18(12,16(11)17(15)23)4-5-20(14)9-21;1-22-14-7-12(18)10-6-13-11-3-2-9(20)8-17(11,4-5-19-13)15(10)16(14)21;/h7,9,12,14,23H,2-6,8H2,1H3;7,11,13,19,21H,2-6,8H2,1H3;. The fraction of sp³-hybridized carbons (Fsp3) is 0.571. The summed E-state index contributed by atoms with van der Waals surface area (Å²) in [7, 11) is 3.11. The molecule has 12 heteroatoms. The molecule has 4 bridgehead atoms. The molecule has 4 aliphatic carbocycles. The molecular weight excluding hydrogens is 809 g/mol. The molecule has 1 radical (unpaired) electrons. The predicted molar refractivity (Wildman–Crippen MR) is 178 cm³/mol. The van der Waals surface area contributed by atoms with Crippen LogP contribution in [0, 0.1) is 11.8 Å². The number of halogens is 2. The van der Waals surface area contributed by atoms with Crippen LogP contribution in [0.4, 0.5) is 0 Å². The zero-order valence-corrected chi connectivity index (χ0v) is 32.8. The number of carbonyl (C=O) groups is 3. The molecule has 2 aliphatic heterocycles. The maximum atomic E-state index is 12.3. The van der Waals surface area contributed by atoms with Gasteiger partial charge in [0.2, 0.25) is 6.41 Å². The van der Waals surface area contributed by atoms with Gasteiger partial charge in [-0.25, -0.2) is 0 Å². The van der Waals surface area contributed by atoms with Crippen molar-refractivity contribution in [1.82, 2.24) is 10.2 Å². The summed E-state index contributed by atoms with van der Waals surface area (Å²) in [5.74, 6) is 2.53. The summed E-state index contributed by atoms with van der Waals surface area (Å²) in [5.41, 5.74) is 3.38. The van der Waals surface area contributed by atoms with Gasteiger partial charge in [0.1, 0.15) is 11.6 Å². The third kappa shape index (κ3) is 5.44. The van der Waals surface area contributed by atoms with Crippen LogP contribution in [-0.4, -0.2) is 72.5 Å². The van der Waals surface area contributed by atoms with E-state index in [2.05, 4.69) is 37.2 Å². The number of Topliss-reactive ketones (excluding diaryl/α,β-unsaturated/α-hetero) is 2. The zero-order valence-electron chi connectivity index (χ0n) is 26.7. The summed E-state index contributed by atoms with van der Waals surface area (Å²) in [4.78, 5) is 38.0. The van der Waals surface area contributed by atoms with E-state index >= 15 is 0 Å². The van der Waals surface area contributed by atoms with Gasteiger partial charge in [0.25, 0.3) is 0 Å². The molecule has 6 aliphatic rings. The molecule has 2 heterocycles. The van der Waals surface area contributed by atoms with Crippen molar-refractivity contribution in [1.29, 1.82) is 0 Å². The number of nitrogens with zero attached hydrogens (tertiary/aromatic N) is 1. The van der Waals surface area contributed by atoms with E-state index in [-0.39, 0.29) is 72.8 Å². The normalized spacial score (nSPS) is 31.4. The fourth-order valence-corrected chi connectivity index (χ4v) is 11.4. The van der Waals surface area contributed by atoms with Crippen molar-refractivity contribution in [3.05, 3.63) is 43.3 Å². The van der Waals surface area contributed by atoms with Crippen molar-refractivity contribution in [3.63, 3.8) is 0 Å². The summed E-state index contributed by atoms with van der Waals surface area (Å²) in [6.07, 6.45) is 8.08. The number of phenols is 2. The first-order valence-corrected chi connectivity index (χ1v) is 17.8. The Bertz CT molecular complexity index is 1640. The van der Waals surface area contributed by atoms with Crippen molar-refractivity contribution in [2.75, 3.05) is 27.3 Å². The Morgan fingerprint density at radius 2 is 1.40 bits per heavy atom. The van der Waals surface area contributed by atoms with E-state index in [0.29, 0.717) is 74.3 Å². The molecule has 6 atom stereocenters. The van der Waals surface area contributed by atoms with Crippen molar-refractivity contribution >= 4 is 49.8 Å². The van der Waals surface area contributed by atoms with Gasteiger partial charge < -0.3 is 29.9 Å². The first-order chi connectivity index (χ1) is 22.1. The topological polar surface area (TPSA) is 125 Å². The number of amides is 1. The number of ketones is 2. The quantitative estimate of drug-likeness (QED) is 0.359. The number of methoxy groups -OCH3 is 2. The molecule has 9 nitrogen and oxygen atoms in total. The minimum Gasteiger partial charge on any atom is -0.504 e. The number of likely N-dealkylation sites (tertiary alicyclic amines) is 1. The summed E-state index contributed by atoms with van der Waals surface area (Å²) >= 11 is 7.24. The summed E-state index contributed by atoms with van der Waals surface area (Å²) in [5, 5.41) is 25.3. The van der Waals surface area contributed by atoms with Gasteiger partial charge in [-0.2, -0.15) is 0 Å². The van der Waals surface area contributed by atoms with Crippen LogP contribution in [-0.2, 0) is 70.8 Å². The van der Waals surface area contributed by atoms with Gasteiger partial charge in [-0.3, -0.25) is 14.4 Å². The Labute approximate surface area is 317 Å². The average Bonchev–Trinajstić information content (AvgIpc) is 3.03. The van der Waals surface area contributed by atoms with Crippen molar-refractivity contribution < 1.29 is 66.8 Å². The van der Waals surface area contributed by atoms with Crippen LogP contribution in [0.5, 0.6) is 23.0 Å². The van der Waals surface area contributed by atoms with Crippen LogP contribution in [0.3, 0.4) is 0 Å². The zero-order chi connectivity index (χ0) is 32.5. The number of hydrogen-bond donors (Lipinski definition) is 3. The molecule has 249 valence electrons. The molecule has 2 saturated carbocycles. The Morgan fingerprint density at radius 3 is 1.96 bits per heavy atom. The third-order valence-electron chi connectivity index (χ3n) is 12.1. The number of carbonyl (C=O) groups excluding carboxylic acids is 3. The van der Waals surface area contributed by atoms with E-state index in [0.717, 1.165) is 69.8 Å². The number of hydrogen-bond acceptors (Lipinski definition) is 8. The van der Waals surface area contributed by atoms with E-state index in [1.807, 2.05) is 11.0 Å². The summed E-state index contributed by atoms with van der Waals surface area (Å²) < 4.78 is 12.5. The van der Waals surface area contributed by atoms with Crippen LogP contribution >= 0.6 is 31.9 Å². The second-order valence-electron chi connectivity index (χ2n) is 13.9. The number of benzene rings is 2. The van der Waals surface area contributed by atoms with E-state index in [1.54, 1.807) is 13.2 Å². The van der Waals surface area contributed by atoms with Crippen LogP contribution in [0.15, 0.2) is 21.1 Å². The minimum atomic E-state index is -0.381. The van der Waals surface area contributed by atoms with Gasteiger partial charge in [-0.05, 0) is 80.2 Å². The number of piperidine rings is 2. The van der Waals surface area contributed by atoms with Crippen LogP contribution < -0.4 is 14.8 Å². The molecule has 6 unspecified atom stereocenters. The molecule has 4 fully saturated rings. The maximum absolute atomic E-state index is 12.3. The van der Waals surface area contributed by atoms with Gasteiger partial charge in [0, 0.05) is 108 Å². The minimum absolute atomic E-state index is 0. The Hall–Kier alpha value is -1.53. The van der Waals surface area contributed by atoms with Crippen molar-refractivity contribution in [2.45, 2.75) is 87.1 Å². The molecule has 2 aromatic rings. The van der Waals surface area contributed by atoms with Gasteiger partial charge in [-0.1, -0.05) is 31.9 Å². The van der Waals surface area contributed by atoms with E-state index < -0.39 is 0 Å². The number of aromatic hydroxyl groups is 2. The number of fused-ring (bicyclic) bond motifs is 2. The average molecular weight is 849 g/mol. The van der Waals surface area contributed by atoms with Crippen LogP contribution in [0.1, 0.15) is 73.6 Å². The summed E-state index contributed by atoms with van der Waals surface area (Å²) in [6, 6.07) is 4.11. The number of rotatable bonds is 3. The third-order valence-corrected chi connectivity index (χ3v) is 13.5. The van der Waals surface area contributed by atoms with Gasteiger partial charge >= 0.3 is 0 Å². The molecular formula is C35H40Br2N2O7Y. The van der Waals surface area contributed by atoms with Crippen LogP contribution in [0.25, 0.3) is 0 Å². The van der Waals surface area contributed by atoms with Crippen molar-refractivity contribution in [2.24, 2.45) is 11.8 Å². The second kappa shape index (κ2) is 13.3. The number of phenolic OH excluding ortho intramolecular Hbond substituents is 2. The SMILES string of the molecule is COc1cc(Br)c2c(c1O)C13CCN(C=O)C(C2)C1CCC(=O)C3.COc1cc(Br)c2c(c1O)C13CCNC(C2)C1CCC(=O)C3.[Y]. The van der Waals surface area contributed by atoms with E-state index in [1.165, 1.54) is 7.11 Å². The molecule has 2 aromatic carbocycles. The first-order valence-electron chi connectivity index (χ1n) is 16.2. The molecule has 0 aromatic heterocycles. The smallest absolute Gasteiger partial charge is 0.209 e. The van der Waals surface area contributed by atoms with Crippen molar-refractivity contribution in [3.8, 4) is 23.0 Å². The molecule has 2 saturated heterocycles. The number of nitrogens with one attached hydrogen (secondary N) is 1. The van der Waals surface area contributed by atoms with E-state index in [4.69, 9.17) is 9.47 Å². The fourth-order valence-electron chi connectivity index (χ4n) is 10.3. The Kier molecular flexibility index (Phi) is 10.00. The van der Waals surface area contributed by atoms with Crippen LogP contribution in [0.2, 0.25) is 0 Å². The molecule has 8 rings (SSSR count). The molecule has 1 amide bonds. The first kappa shape index (κ1) is 35.3. The van der Waals surface area contributed by atoms with Gasteiger partial charge in [0.15, 0.2) is 23.0 Å². The monoisotopic (exact) mass is 847 g/mol. The summed E-state index contributed by atoms with van der Waals surface area (Å²) in [6.45, 7) is 1.54. The molecule has 3 N–H and O–H groups in total. The predicted octanol–water partition coefficient (Wildman–Crippen LogP) is 5.24. The Morgan fingerprint density at radius 1 is 0.872 bits per heavy atom. The molecule has 47 heavy (non-hydrogen) atoms. The van der Waals surface area contributed by atoms with Gasteiger partial charge in [0.05, 0.1) is 14.2 Å². The maximum Gasteiger partial charge on any atom is 0.209 e. The Balaban J connectivity index is 0.000000161. The second-order valence-corrected chi connectivity index (χ2v) is 15.6. The largest absolute Gasteiger partial charge is 0.504 e. The van der Waals surface area contributed by atoms with E-state index in [9.17, 15) is 24.6 Å².